The summed E-state index contributed by atoms with van der Waals surface area (Å²) in [5, 5.41) is 0. The Bertz CT molecular complexity index is 1130. The van der Waals surface area contributed by atoms with E-state index in [1.807, 2.05) is 111 Å². The molecule has 2 bridgehead atoms. The lowest BCUT2D eigenvalue weighted by Gasteiger charge is -2.29. The quantitative estimate of drug-likeness (QED) is 0.182. The molecule has 0 amide bonds. The second-order valence-electron chi connectivity index (χ2n) is 10.6. The molecule has 0 aliphatic heterocycles. The van der Waals surface area contributed by atoms with E-state index in [4.69, 9.17) is 0 Å². The summed E-state index contributed by atoms with van der Waals surface area (Å²) < 4.78 is 0. The number of fused-ring (bicyclic) bond motifs is 2. The summed E-state index contributed by atoms with van der Waals surface area (Å²) in [7, 11) is 0. The third kappa shape index (κ3) is 19.1. The minimum absolute atomic E-state index is 0.0858. The van der Waals surface area contributed by atoms with Crippen LogP contribution in [0.25, 0.3) is 0 Å². The monoisotopic (exact) mass is 697 g/mol. The van der Waals surface area contributed by atoms with Gasteiger partial charge in [0.2, 0.25) is 0 Å². The maximum atomic E-state index is 2.47. The summed E-state index contributed by atoms with van der Waals surface area (Å²) in [5.74, 6) is 2.94. The molecule has 0 aromatic heterocycles. The van der Waals surface area contributed by atoms with Crippen LogP contribution in [-0.4, -0.2) is 0 Å². The molecule has 6 rings (SSSR count). The van der Waals surface area contributed by atoms with Gasteiger partial charge in [-0.05, 0) is 52.8 Å². The van der Waals surface area contributed by atoms with Crippen LogP contribution in [-0.2, 0) is 5.41 Å². The number of hydrogen-bond donors (Lipinski definition) is 0. The molecule has 0 heterocycles. The van der Waals surface area contributed by atoms with E-state index in [9.17, 15) is 0 Å². The Kier molecular flexibility index (Phi) is 40.4. The Balaban J connectivity index is -0.000000317. The minimum atomic E-state index is 0.0858. The van der Waals surface area contributed by atoms with Gasteiger partial charge in [0, 0.05) is 11.3 Å². The van der Waals surface area contributed by atoms with E-state index in [0.29, 0.717) is 5.92 Å². The highest BCUT2D eigenvalue weighted by Crippen LogP contribution is 2.51. The fourth-order valence-electron chi connectivity index (χ4n) is 6.09. The molecular weight excluding hydrogens is 613 g/mol. The Morgan fingerprint density at radius 1 is 0.392 bits per heavy atom. The first-order chi connectivity index (χ1) is 25.1. The molecule has 2 aliphatic rings. The van der Waals surface area contributed by atoms with Gasteiger partial charge < -0.3 is 0 Å². The summed E-state index contributed by atoms with van der Waals surface area (Å²) in [4.78, 5) is 0. The van der Waals surface area contributed by atoms with Crippen LogP contribution in [0.2, 0.25) is 0 Å². The molecule has 0 radical (unpaired) electrons. The molecule has 1 saturated carbocycles. The van der Waals surface area contributed by atoms with E-state index in [-0.39, 0.29) is 5.41 Å². The minimum Gasteiger partial charge on any atom is -0.0851 e. The van der Waals surface area contributed by atoms with Crippen molar-refractivity contribution in [3.8, 4) is 0 Å². The molecular formula is C51H84. The molecule has 0 nitrogen and oxygen atoms in total. The second-order valence-corrected chi connectivity index (χ2v) is 10.6. The van der Waals surface area contributed by atoms with Gasteiger partial charge in [0.25, 0.3) is 0 Å². The van der Waals surface area contributed by atoms with Gasteiger partial charge in [-0.25, -0.2) is 0 Å². The van der Waals surface area contributed by atoms with Gasteiger partial charge in [-0.3, -0.25) is 0 Å². The predicted octanol–water partition coefficient (Wildman–Crippen LogP) is 17.3. The fraction of sp³-hybridized carbons (Fsp3) is 0.490. The molecule has 51 heavy (non-hydrogen) atoms. The largest absolute Gasteiger partial charge is 0.0851 e. The van der Waals surface area contributed by atoms with E-state index in [1.165, 1.54) is 35.1 Å². The molecule has 1 fully saturated rings. The van der Waals surface area contributed by atoms with Gasteiger partial charge in [0.1, 0.15) is 0 Å². The lowest BCUT2D eigenvalue weighted by molar-refractivity contribution is 0.399. The maximum absolute atomic E-state index is 2.47. The van der Waals surface area contributed by atoms with E-state index in [0.717, 1.165) is 17.8 Å². The van der Waals surface area contributed by atoms with Gasteiger partial charge in [-0.15, -0.1) is 0 Å². The van der Waals surface area contributed by atoms with Crippen LogP contribution in [0.1, 0.15) is 166 Å². The highest BCUT2D eigenvalue weighted by atomic mass is 14.4. The van der Waals surface area contributed by atoms with Gasteiger partial charge in [0.15, 0.2) is 0 Å². The van der Waals surface area contributed by atoms with Crippen LogP contribution in [0.5, 0.6) is 0 Å². The van der Waals surface area contributed by atoms with Crippen molar-refractivity contribution in [1.29, 1.82) is 0 Å². The number of allylic oxidation sites excluding steroid dienone is 2. The van der Waals surface area contributed by atoms with Crippen LogP contribution < -0.4 is 0 Å². The summed E-state index contributed by atoms with van der Waals surface area (Å²) in [6, 6.07) is 43.4. The Morgan fingerprint density at radius 3 is 0.941 bits per heavy atom. The van der Waals surface area contributed by atoms with Crippen molar-refractivity contribution in [2.75, 3.05) is 0 Å². The third-order valence-corrected chi connectivity index (χ3v) is 8.07. The van der Waals surface area contributed by atoms with Gasteiger partial charge in [-0.2, -0.15) is 0 Å². The zero-order chi connectivity index (χ0) is 40.1. The summed E-state index contributed by atoms with van der Waals surface area (Å²) in [6.45, 7) is 36.5. The SMILES string of the molecule is C1=CC2CC1CC2C(c1ccccc1)c1ccccc1.CC.CC.CC.CC.CC.CC.CC.CC.CC(C)(c1ccccc1)c1ccccc1. The maximum Gasteiger partial charge on any atom is 0.0146 e. The molecule has 0 heteroatoms. The normalized spacial score (nSPS) is 15.0. The summed E-state index contributed by atoms with van der Waals surface area (Å²) in [6.07, 6.45) is 7.64. The van der Waals surface area contributed by atoms with Crippen molar-refractivity contribution in [2.45, 2.75) is 149 Å². The topological polar surface area (TPSA) is 0 Å². The molecule has 4 aromatic carbocycles. The van der Waals surface area contributed by atoms with E-state index in [1.54, 1.807) is 0 Å². The number of rotatable bonds is 5. The Morgan fingerprint density at radius 2 is 0.686 bits per heavy atom. The Labute approximate surface area is 321 Å². The standard InChI is InChI=1S/C20H20.C15H16.8C2H6/c1-3-7-16(8-4-1)20(17-9-5-2-6-10-17)19-14-15-11-12-18(19)13-15;1-15(2,13-9-5-3-6-10-13)14-11-7-4-8-12-14;8*1-2/h1-12,15,18-20H,13-14H2;3-12H,1-2H3;8*1-2H3. The predicted molar refractivity (Wildman–Crippen MR) is 239 cm³/mol. The smallest absolute Gasteiger partial charge is 0.0146 e. The highest BCUT2D eigenvalue weighted by Gasteiger charge is 2.40. The molecule has 3 unspecified atom stereocenters. The zero-order valence-corrected chi connectivity index (χ0v) is 36.9. The average molecular weight is 697 g/mol. The van der Waals surface area contributed by atoms with Crippen molar-refractivity contribution in [3.63, 3.8) is 0 Å². The first kappa shape index (κ1) is 54.4. The zero-order valence-electron chi connectivity index (χ0n) is 36.9. The van der Waals surface area contributed by atoms with Gasteiger partial charge in [-0.1, -0.05) is 258 Å². The lowest BCUT2D eigenvalue weighted by Crippen LogP contribution is -2.18. The molecule has 288 valence electrons. The Hall–Kier alpha value is -3.38. The molecule has 0 N–H and O–H groups in total. The summed E-state index contributed by atoms with van der Waals surface area (Å²) in [5.41, 5.74) is 5.75. The average Bonchev–Trinajstić information content (AvgIpc) is 3.90. The molecule has 0 saturated heterocycles. The van der Waals surface area contributed by atoms with E-state index < -0.39 is 0 Å². The van der Waals surface area contributed by atoms with Crippen molar-refractivity contribution < 1.29 is 0 Å². The molecule has 0 spiro atoms. The number of benzene rings is 4. The van der Waals surface area contributed by atoms with Crippen LogP contribution in [0.4, 0.5) is 0 Å². The third-order valence-electron chi connectivity index (χ3n) is 8.07. The van der Waals surface area contributed by atoms with Crippen LogP contribution in [0.15, 0.2) is 133 Å². The van der Waals surface area contributed by atoms with Gasteiger partial charge >= 0.3 is 0 Å². The van der Waals surface area contributed by atoms with Crippen molar-refractivity contribution in [3.05, 3.63) is 156 Å². The first-order valence-electron chi connectivity index (χ1n) is 21.0. The van der Waals surface area contributed by atoms with Crippen molar-refractivity contribution in [2.24, 2.45) is 17.8 Å². The first-order valence-corrected chi connectivity index (χ1v) is 21.0. The molecule has 2 aliphatic carbocycles. The van der Waals surface area contributed by atoms with E-state index in [2.05, 4.69) is 147 Å². The second kappa shape index (κ2) is 37.9. The fourth-order valence-corrected chi connectivity index (χ4v) is 6.09. The van der Waals surface area contributed by atoms with Crippen LogP contribution in [0, 0.1) is 17.8 Å². The molecule has 4 aromatic rings. The summed E-state index contributed by atoms with van der Waals surface area (Å²) >= 11 is 0. The lowest BCUT2D eigenvalue weighted by atomic mass is 9.74. The number of hydrogen-bond acceptors (Lipinski definition) is 0. The van der Waals surface area contributed by atoms with Crippen LogP contribution >= 0.6 is 0 Å². The highest BCUT2D eigenvalue weighted by molar-refractivity contribution is 5.37. The van der Waals surface area contributed by atoms with Gasteiger partial charge in [0.05, 0.1) is 0 Å². The molecule has 3 atom stereocenters. The van der Waals surface area contributed by atoms with Crippen LogP contribution in [0.3, 0.4) is 0 Å². The van der Waals surface area contributed by atoms with Crippen molar-refractivity contribution in [1.82, 2.24) is 0 Å². The van der Waals surface area contributed by atoms with E-state index >= 15 is 0 Å². The van der Waals surface area contributed by atoms with Crippen molar-refractivity contribution >= 4 is 0 Å².